The molecule has 1 aromatic rings. The Hall–Kier alpha value is -0.870. The Morgan fingerprint density at radius 2 is 2.42 bits per heavy atom. The van der Waals surface area contributed by atoms with Crippen molar-refractivity contribution in [2.75, 3.05) is 6.61 Å². The van der Waals surface area contributed by atoms with Gasteiger partial charge in [0.15, 0.2) is 0 Å². The second-order valence-electron chi connectivity index (χ2n) is 3.11. The molecular formula is C8H15N3O. The van der Waals surface area contributed by atoms with Crippen molar-refractivity contribution in [1.29, 1.82) is 0 Å². The lowest BCUT2D eigenvalue weighted by Crippen LogP contribution is -2.32. The van der Waals surface area contributed by atoms with Crippen LogP contribution in [0.1, 0.15) is 18.5 Å². The normalized spacial score (nSPS) is 16.0. The molecule has 4 nitrogen and oxygen atoms in total. The van der Waals surface area contributed by atoms with Gasteiger partial charge >= 0.3 is 0 Å². The van der Waals surface area contributed by atoms with Crippen molar-refractivity contribution in [2.45, 2.75) is 25.9 Å². The van der Waals surface area contributed by atoms with Crippen molar-refractivity contribution in [2.24, 2.45) is 5.73 Å². The van der Waals surface area contributed by atoms with Crippen LogP contribution in [0, 0.1) is 6.92 Å². The quantitative estimate of drug-likeness (QED) is 0.673. The number of aromatic nitrogens is 2. The lowest BCUT2D eigenvalue weighted by Gasteiger charge is -2.18. The number of aliphatic hydroxyl groups is 1. The van der Waals surface area contributed by atoms with Gasteiger partial charge < -0.3 is 10.8 Å². The van der Waals surface area contributed by atoms with Crippen molar-refractivity contribution in [1.82, 2.24) is 9.78 Å². The first-order valence-corrected chi connectivity index (χ1v) is 4.02. The standard InChI is InChI=1S/C8H15N3O/c1-6-3-10-11(4-6)8(5-12)7(2)9/h3-4,7-8,12H,5,9H2,1-2H3. The summed E-state index contributed by atoms with van der Waals surface area (Å²) in [5.41, 5.74) is 6.75. The largest absolute Gasteiger partial charge is 0.394 e. The van der Waals surface area contributed by atoms with Crippen LogP contribution in [0.15, 0.2) is 12.4 Å². The molecular weight excluding hydrogens is 154 g/mol. The molecule has 4 heteroatoms. The maximum Gasteiger partial charge on any atom is 0.0897 e. The summed E-state index contributed by atoms with van der Waals surface area (Å²) in [6.45, 7) is 3.84. The molecule has 0 bridgehead atoms. The monoisotopic (exact) mass is 169 g/mol. The predicted molar refractivity (Wildman–Crippen MR) is 46.7 cm³/mol. The van der Waals surface area contributed by atoms with Crippen molar-refractivity contribution in [3.63, 3.8) is 0 Å². The van der Waals surface area contributed by atoms with Crippen LogP contribution in [-0.2, 0) is 0 Å². The van der Waals surface area contributed by atoms with Gasteiger partial charge in [0, 0.05) is 12.2 Å². The third-order valence-corrected chi connectivity index (χ3v) is 1.86. The maximum absolute atomic E-state index is 9.02. The molecule has 0 saturated heterocycles. The van der Waals surface area contributed by atoms with Crippen LogP contribution in [0.2, 0.25) is 0 Å². The van der Waals surface area contributed by atoms with Crippen molar-refractivity contribution in [3.05, 3.63) is 18.0 Å². The molecule has 0 fully saturated rings. The minimum absolute atomic E-state index is 0.0266. The number of nitrogens with zero attached hydrogens (tertiary/aromatic N) is 2. The van der Waals surface area contributed by atoms with Crippen LogP contribution in [-0.4, -0.2) is 27.5 Å². The molecule has 68 valence electrons. The summed E-state index contributed by atoms with van der Waals surface area (Å²) in [4.78, 5) is 0. The maximum atomic E-state index is 9.02. The molecule has 0 radical (unpaired) electrons. The van der Waals surface area contributed by atoms with Gasteiger partial charge in [-0.3, -0.25) is 4.68 Å². The molecule has 0 amide bonds. The first-order valence-electron chi connectivity index (χ1n) is 4.02. The van der Waals surface area contributed by atoms with Crippen LogP contribution in [0.4, 0.5) is 0 Å². The molecule has 2 atom stereocenters. The second kappa shape index (κ2) is 3.69. The molecule has 12 heavy (non-hydrogen) atoms. The average molecular weight is 169 g/mol. The smallest absolute Gasteiger partial charge is 0.0897 e. The molecule has 0 aliphatic heterocycles. The molecule has 1 rings (SSSR count). The summed E-state index contributed by atoms with van der Waals surface area (Å²) < 4.78 is 1.71. The fraction of sp³-hybridized carbons (Fsp3) is 0.625. The van der Waals surface area contributed by atoms with Gasteiger partial charge in [0.05, 0.1) is 18.8 Å². The highest BCUT2D eigenvalue weighted by Crippen LogP contribution is 2.08. The van der Waals surface area contributed by atoms with E-state index in [1.165, 1.54) is 0 Å². The predicted octanol–water partition coefficient (Wildman–Crippen LogP) is 0.0721. The number of aliphatic hydroxyl groups excluding tert-OH is 1. The van der Waals surface area contributed by atoms with Crippen molar-refractivity contribution < 1.29 is 5.11 Å². The van der Waals surface area contributed by atoms with Gasteiger partial charge in [-0.25, -0.2) is 0 Å². The zero-order valence-corrected chi connectivity index (χ0v) is 7.44. The van der Waals surface area contributed by atoms with Gasteiger partial charge in [0.25, 0.3) is 0 Å². The van der Waals surface area contributed by atoms with Crippen LogP contribution >= 0.6 is 0 Å². The molecule has 3 N–H and O–H groups in total. The van der Waals surface area contributed by atoms with Gasteiger partial charge in [-0.1, -0.05) is 0 Å². The highest BCUT2D eigenvalue weighted by molar-refractivity contribution is 5.01. The van der Waals surface area contributed by atoms with Crippen LogP contribution in [0.3, 0.4) is 0 Å². The van der Waals surface area contributed by atoms with E-state index in [1.807, 2.05) is 20.0 Å². The summed E-state index contributed by atoms with van der Waals surface area (Å²) in [6, 6.07) is -0.201. The van der Waals surface area contributed by atoms with Gasteiger partial charge in [-0.05, 0) is 19.4 Å². The molecule has 0 aliphatic rings. The minimum Gasteiger partial charge on any atom is -0.394 e. The van der Waals surface area contributed by atoms with Crippen molar-refractivity contribution >= 4 is 0 Å². The van der Waals surface area contributed by atoms with Gasteiger partial charge in [-0.2, -0.15) is 5.10 Å². The molecule has 0 spiro atoms. The van der Waals surface area contributed by atoms with E-state index in [1.54, 1.807) is 10.9 Å². The highest BCUT2D eigenvalue weighted by atomic mass is 16.3. The molecule has 0 saturated carbocycles. The Kier molecular flexibility index (Phi) is 2.83. The first kappa shape index (κ1) is 9.22. The third kappa shape index (κ3) is 1.84. The highest BCUT2D eigenvalue weighted by Gasteiger charge is 2.14. The number of hydrogen-bond acceptors (Lipinski definition) is 3. The lowest BCUT2D eigenvalue weighted by atomic mass is 10.2. The van der Waals surface area contributed by atoms with E-state index >= 15 is 0 Å². The van der Waals surface area contributed by atoms with E-state index in [2.05, 4.69) is 5.10 Å². The SMILES string of the molecule is Cc1cnn(C(CO)C(C)N)c1. The molecule has 2 unspecified atom stereocenters. The van der Waals surface area contributed by atoms with Gasteiger partial charge in [0.2, 0.25) is 0 Å². The second-order valence-corrected chi connectivity index (χ2v) is 3.11. The van der Waals surface area contributed by atoms with Crippen LogP contribution in [0.5, 0.6) is 0 Å². The van der Waals surface area contributed by atoms with Crippen LogP contribution in [0.25, 0.3) is 0 Å². The van der Waals surface area contributed by atoms with E-state index in [-0.39, 0.29) is 18.7 Å². The summed E-state index contributed by atoms with van der Waals surface area (Å²) in [5.74, 6) is 0. The van der Waals surface area contributed by atoms with E-state index in [0.717, 1.165) is 5.56 Å². The van der Waals surface area contributed by atoms with E-state index in [4.69, 9.17) is 10.8 Å². The Balaban J connectivity index is 2.80. The lowest BCUT2D eigenvalue weighted by molar-refractivity contribution is 0.201. The molecule has 0 aromatic carbocycles. The van der Waals surface area contributed by atoms with Gasteiger partial charge in [-0.15, -0.1) is 0 Å². The topological polar surface area (TPSA) is 64.1 Å². The Bertz CT molecular complexity index is 244. The van der Waals surface area contributed by atoms with Gasteiger partial charge in [0.1, 0.15) is 0 Å². The molecule has 1 aromatic heterocycles. The summed E-state index contributed by atoms with van der Waals surface area (Å²) >= 11 is 0. The zero-order chi connectivity index (χ0) is 9.14. The molecule has 1 heterocycles. The fourth-order valence-corrected chi connectivity index (χ4v) is 1.11. The Labute approximate surface area is 72.0 Å². The Morgan fingerprint density at radius 3 is 2.75 bits per heavy atom. The number of nitrogens with two attached hydrogens (primary N) is 1. The Morgan fingerprint density at radius 1 is 1.75 bits per heavy atom. The van der Waals surface area contributed by atoms with E-state index in [9.17, 15) is 0 Å². The fourth-order valence-electron chi connectivity index (χ4n) is 1.11. The zero-order valence-electron chi connectivity index (χ0n) is 7.44. The minimum atomic E-state index is -0.112. The third-order valence-electron chi connectivity index (χ3n) is 1.86. The molecule has 0 aliphatic carbocycles. The summed E-state index contributed by atoms with van der Waals surface area (Å²) in [6.07, 6.45) is 3.63. The van der Waals surface area contributed by atoms with E-state index < -0.39 is 0 Å². The summed E-state index contributed by atoms with van der Waals surface area (Å²) in [5, 5.41) is 13.1. The average Bonchev–Trinajstić information content (AvgIpc) is 2.37. The van der Waals surface area contributed by atoms with E-state index in [0.29, 0.717) is 0 Å². The number of rotatable bonds is 3. The first-order chi connectivity index (χ1) is 5.65. The van der Waals surface area contributed by atoms with Crippen molar-refractivity contribution in [3.8, 4) is 0 Å². The number of hydrogen-bond donors (Lipinski definition) is 2. The number of aryl methyl sites for hydroxylation is 1. The summed E-state index contributed by atoms with van der Waals surface area (Å²) in [7, 11) is 0. The van der Waals surface area contributed by atoms with Crippen LogP contribution < -0.4 is 5.73 Å².